The van der Waals surface area contributed by atoms with E-state index in [1.165, 1.54) is 4.90 Å². The summed E-state index contributed by atoms with van der Waals surface area (Å²) < 4.78 is 5.54. The van der Waals surface area contributed by atoms with Crippen molar-refractivity contribution in [2.24, 2.45) is 5.92 Å². The third-order valence-corrected chi connectivity index (χ3v) is 4.84. The standard InChI is InChI=1S/C22H22ClNO4/c1-4-28-17-7-5-6-16(12-17)24-19(14-8-10-15(23)11-9-14)18(20(25)13(2)3)21(26)22(24)27/h5-13,19,26H,4H2,1-3H3. The van der Waals surface area contributed by atoms with Crippen LogP contribution in [-0.4, -0.2) is 23.4 Å². The van der Waals surface area contributed by atoms with Crippen LogP contribution in [0.3, 0.4) is 0 Å². The summed E-state index contributed by atoms with van der Waals surface area (Å²) in [6, 6.07) is 13.2. The van der Waals surface area contributed by atoms with Gasteiger partial charge in [0.1, 0.15) is 5.75 Å². The second kappa shape index (κ2) is 8.07. The lowest BCUT2D eigenvalue weighted by molar-refractivity contribution is -0.119. The zero-order valence-electron chi connectivity index (χ0n) is 16.0. The van der Waals surface area contributed by atoms with E-state index in [1.54, 1.807) is 62.4 Å². The first-order valence-electron chi connectivity index (χ1n) is 9.14. The minimum absolute atomic E-state index is 0.101. The van der Waals surface area contributed by atoms with Crippen molar-refractivity contribution in [2.75, 3.05) is 11.5 Å². The predicted molar refractivity (Wildman–Crippen MR) is 109 cm³/mol. The highest BCUT2D eigenvalue weighted by Gasteiger charge is 2.44. The molecule has 2 aromatic carbocycles. The molecule has 0 bridgehead atoms. The summed E-state index contributed by atoms with van der Waals surface area (Å²) >= 11 is 6.01. The number of aliphatic hydroxyl groups is 1. The number of Topliss-reactive ketones (excluding diaryl/α,β-unsaturated/α-hetero) is 1. The molecule has 3 rings (SSSR count). The molecule has 0 saturated carbocycles. The summed E-state index contributed by atoms with van der Waals surface area (Å²) in [5.74, 6) is -1.16. The van der Waals surface area contributed by atoms with Crippen molar-refractivity contribution in [1.29, 1.82) is 0 Å². The number of hydrogen-bond donors (Lipinski definition) is 1. The first-order chi connectivity index (χ1) is 13.3. The highest BCUT2D eigenvalue weighted by atomic mass is 35.5. The van der Waals surface area contributed by atoms with Crippen LogP contribution in [-0.2, 0) is 9.59 Å². The van der Waals surface area contributed by atoms with E-state index in [0.717, 1.165) is 0 Å². The van der Waals surface area contributed by atoms with Crippen molar-refractivity contribution in [3.63, 3.8) is 0 Å². The number of nitrogens with zero attached hydrogens (tertiary/aromatic N) is 1. The van der Waals surface area contributed by atoms with Crippen molar-refractivity contribution in [1.82, 2.24) is 0 Å². The first kappa shape index (κ1) is 20.0. The van der Waals surface area contributed by atoms with E-state index in [2.05, 4.69) is 0 Å². The van der Waals surface area contributed by atoms with E-state index >= 15 is 0 Å². The smallest absolute Gasteiger partial charge is 0.294 e. The lowest BCUT2D eigenvalue weighted by Gasteiger charge is -2.27. The summed E-state index contributed by atoms with van der Waals surface area (Å²) in [5.41, 5.74) is 1.32. The molecule has 2 aromatic rings. The van der Waals surface area contributed by atoms with E-state index in [9.17, 15) is 14.7 Å². The molecular formula is C22H22ClNO4. The van der Waals surface area contributed by atoms with Gasteiger partial charge in [0, 0.05) is 22.7 Å². The SMILES string of the molecule is CCOc1cccc(N2C(=O)C(O)=C(C(=O)C(C)C)C2c2ccc(Cl)cc2)c1. The maximum absolute atomic E-state index is 13.0. The molecule has 0 radical (unpaired) electrons. The van der Waals surface area contributed by atoms with Gasteiger partial charge in [0.05, 0.1) is 18.2 Å². The first-order valence-corrected chi connectivity index (χ1v) is 9.52. The second-order valence-electron chi connectivity index (χ2n) is 6.84. The van der Waals surface area contributed by atoms with Gasteiger partial charge in [0.15, 0.2) is 11.5 Å². The third kappa shape index (κ3) is 3.62. The van der Waals surface area contributed by atoms with Crippen LogP contribution < -0.4 is 9.64 Å². The number of benzene rings is 2. The third-order valence-electron chi connectivity index (χ3n) is 4.59. The van der Waals surface area contributed by atoms with Crippen LogP contribution in [0, 0.1) is 5.92 Å². The lowest BCUT2D eigenvalue weighted by atomic mass is 9.91. The molecule has 0 spiro atoms. The number of halogens is 1. The van der Waals surface area contributed by atoms with Gasteiger partial charge in [-0.1, -0.05) is 43.6 Å². The molecule has 1 unspecified atom stereocenters. The van der Waals surface area contributed by atoms with Gasteiger partial charge < -0.3 is 9.84 Å². The topological polar surface area (TPSA) is 66.8 Å². The van der Waals surface area contributed by atoms with Crippen molar-refractivity contribution < 1.29 is 19.4 Å². The van der Waals surface area contributed by atoms with Gasteiger partial charge in [-0.15, -0.1) is 0 Å². The molecule has 0 saturated heterocycles. The van der Waals surface area contributed by atoms with E-state index in [1.807, 2.05) is 6.92 Å². The molecule has 28 heavy (non-hydrogen) atoms. The van der Waals surface area contributed by atoms with E-state index in [0.29, 0.717) is 28.6 Å². The van der Waals surface area contributed by atoms with Crippen molar-refractivity contribution >= 4 is 29.0 Å². The summed E-state index contributed by atoms with van der Waals surface area (Å²) in [5, 5.41) is 11.1. The molecule has 1 aliphatic heterocycles. The van der Waals surface area contributed by atoms with Crippen LogP contribution in [0.2, 0.25) is 5.02 Å². The van der Waals surface area contributed by atoms with Crippen molar-refractivity contribution in [3.05, 3.63) is 70.4 Å². The van der Waals surface area contributed by atoms with Gasteiger partial charge in [-0.2, -0.15) is 0 Å². The number of rotatable bonds is 6. The molecule has 1 heterocycles. The van der Waals surface area contributed by atoms with E-state index < -0.39 is 17.7 Å². The van der Waals surface area contributed by atoms with Gasteiger partial charge in [0.25, 0.3) is 5.91 Å². The molecule has 6 heteroatoms. The van der Waals surface area contributed by atoms with Crippen LogP contribution in [0.15, 0.2) is 59.9 Å². The monoisotopic (exact) mass is 399 g/mol. The molecule has 146 valence electrons. The van der Waals surface area contributed by atoms with Gasteiger partial charge in [-0.05, 0) is 36.8 Å². The van der Waals surface area contributed by atoms with Crippen molar-refractivity contribution in [3.8, 4) is 5.75 Å². The fourth-order valence-corrected chi connectivity index (χ4v) is 3.41. The van der Waals surface area contributed by atoms with Crippen LogP contribution in [0.4, 0.5) is 5.69 Å². The Labute approximate surface area is 169 Å². The molecule has 1 atom stereocenters. The molecule has 1 N–H and O–H groups in total. The Morgan fingerprint density at radius 2 is 1.89 bits per heavy atom. The number of carbonyl (C=O) groups is 2. The highest BCUT2D eigenvalue weighted by Crippen LogP contribution is 2.42. The molecule has 0 aliphatic carbocycles. The van der Waals surface area contributed by atoms with Gasteiger partial charge in [0.2, 0.25) is 0 Å². The number of hydrogen-bond acceptors (Lipinski definition) is 4. The molecule has 1 amide bonds. The number of ketones is 1. The fraction of sp³-hybridized carbons (Fsp3) is 0.273. The lowest BCUT2D eigenvalue weighted by Crippen LogP contribution is -2.31. The van der Waals surface area contributed by atoms with E-state index in [-0.39, 0.29) is 17.3 Å². The Kier molecular flexibility index (Phi) is 5.75. The number of carbonyl (C=O) groups excluding carboxylic acids is 2. The minimum Gasteiger partial charge on any atom is -0.503 e. The molecule has 5 nitrogen and oxygen atoms in total. The van der Waals surface area contributed by atoms with Crippen LogP contribution in [0.25, 0.3) is 0 Å². The van der Waals surface area contributed by atoms with Crippen LogP contribution in [0.1, 0.15) is 32.4 Å². The zero-order valence-corrected chi connectivity index (χ0v) is 16.7. The van der Waals surface area contributed by atoms with E-state index in [4.69, 9.17) is 16.3 Å². The molecule has 0 aromatic heterocycles. The number of aliphatic hydroxyl groups excluding tert-OH is 1. The fourth-order valence-electron chi connectivity index (χ4n) is 3.28. The van der Waals surface area contributed by atoms with Gasteiger partial charge in [-0.3, -0.25) is 14.5 Å². The van der Waals surface area contributed by atoms with Crippen LogP contribution >= 0.6 is 11.6 Å². The number of amides is 1. The maximum atomic E-state index is 13.0. The maximum Gasteiger partial charge on any atom is 0.294 e. The summed E-state index contributed by atoms with van der Waals surface area (Å²) in [4.78, 5) is 27.2. The minimum atomic E-state index is -0.739. The number of ether oxygens (including phenoxy) is 1. The quantitative estimate of drug-likeness (QED) is 0.752. The Hall–Kier alpha value is -2.79. The summed E-state index contributed by atoms with van der Waals surface area (Å²) in [7, 11) is 0. The summed E-state index contributed by atoms with van der Waals surface area (Å²) in [6.07, 6.45) is 0. The molecular weight excluding hydrogens is 378 g/mol. The number of anilines is 1. The van der Waals surface area contributed by atoms with Crippen LogP contribution in [0.5, 0.6) is 5.75 Å². The largest absolute Gasteiger partial charge is 0.503 e. The average Bonchev–Trinajstić information content (AvgIpc) is 2.93. The van der Waals surface area contributed by atoms with Gasteiger partial charge in [-0.25, -0.2) is 0 Å². The Balaban J connectivity index is 2.15. The normalized spacial score (nSPS) is 16.8. The molecule has 1 aliphatic rings. The molecule has 0 fully saturated rings. The van der Waals surface area contributed by atoms with Gasteiger partial charge >= 0.3 is 0 Å². The Morgan fingerprint density at radius 3 is 2.50 bits per heavy atom. The average molecular weight is 400 g/mol. The second-order valence-corrected chi connectivity index (χ2v) is 7.28. The highest BCUT2D eigenvalue weighted by molar-refractivity contribution is 6.30. The summed E-state index contributed by atoms with van der Waals surface area (Å²) in [6.45, 7) is 5.84. The predicted octanol–water partition coefficient (Wildman–Crippen LogP) is 4.86. The Bertz CT molecular complexity index is 934. The Morgan fingerprint density at radius 1 is 1.21 bits per heavy atom. The van der Waals surface area contributed by atoms with Crippen molar-refractivity contribution in [2.45, 2.75) is 26.8 Å². The zero-order chi connectivity index (χ0) is 20.4.